The van der Waals surface area contributed by atoms with Gasteiger partial charge >= 0.3 is 5.97 Å². The standard InChI is InChI=1S/C10H19NO2/c1-5-13-10(12)9-8(4)11(9)6-7(2)3/h7-9H,5-6H2,1-4H3/t8-,9+,11?/m0/s1. The zero-order valence-electron chi connectivity index (χ0n) is 8.91. The van der Waals surface area contributed by atoms with Gasteiger partial charge in [0.05, 0.1) is 6.61 Å². The average Bonchev–Trinajstić information content (AvgIpc) is 2.61. The minimum atomic E-state index is -0.0596. The lowest BCUT2D eigenvalue weighted by atomic mass is 10.2. The van der Waals surface area contributed by atoms with E-state index in [4.69, 9.17) is 4.74 Å². The summed E-state index contributed by atoms with van der Waals surface area (Å²) in [4.78, 5) is 13.5. The zero-order valence-corrected chi connectivity index (χ0v) is 8.91. The summed E-state index contributed by atoms with van der Waals surface area (Å²) in [5, 5.41) is 0. The Kier molecular flexibility index (Phi) is 3.31. The van der Waals surface area contributed by atoms with Crippen molar-refractivity contribution in [3.63, 3.8) is 0 Å². The molecular formula is C10H19NO2. The molecule has 0 amide bonds. The van der Waals surface area contributed by atoms with Crippen molar-refractivity contribution in [2.45, 2.75) is 39.8 Å². The molecule has 0 aromatic rings. The van der Waals surface area contributed by atoms with Crippen molar-refractivity contribution >= 4 is 5.97 Å². The molecule has 1 heterocycles. The number of carbonyl (C=O) groups excluding carboxylic acids is 1. The van der Waals surface area contributed by atoms with E-state index in [0.29, 0.717) is 18.6 Å². The highest BCUT2D eigenvalue weighted by atomic mass is 16.5. The summed E-state index contributed by atoms with van der Waals surface area (Å²) in [6.07, 6.45) is 0. The van der Waals surface area contributed by atoms with E-state index in [2.05, 4.69) is 25.7 Å². The van der Waals surface area contributed by atoms with Crippen LogP contribution in [-0.4, -0.2) is 36.1 Å². The van der Waals surface area contributed by atoms with Crippen molar-refractivity contribution in [3.8, 4) is 0 Å². The molecule has 1 saturated heterocycles. The molecule has 0 radical (unpaired) electrons. The maximum atomic E-state index is 11.3. The smallest absolute Gasteiger partial charge is 0.324 e. The third-order valence-corrected chi connectivity index (χ3v) is 2.35. The molecule has 0 aromatic heterocycles. The average molecular weight is 185 g/mol. The number of hydrogen-bond acceptors (Lipinski definition) is 3. The van der Waals surface area contributed by atoms with Crippen molar-refractivity contribution in [1.29, 1.82) is 0 Å². The molecule has 3 heteroatoms. The van der Waals surface area contributed by atoms with Gasteiger partial charge in [-0.25, -0.2) is 0 Å². The van der Waals surface area contributed by atoms with Crippen LogP contribution in [0.1, 0.15) is 27.7 Å². The minimum absolute atomic E-state index is 0.0300. The molecule has 1 aliphatic rings. The van der Waals surface area contributed by atoms with E-state index < -0.39 is 0 Å². The molecule has 1 aliphatic heterocycles. The van der Waals surface area contributed by atoms with Crippen LogP contribution in [0.4, 0.5) is 0 Å². The lowest BCUT2D eigenvalue weighted by molar-refractivity contribution is -0.143. The van der Waals surface area contributed by atoms with E-state index in [9.17, 15) is 4.79 Å². The number of carbonyl (C=O) groups is 1. The lowest BCUT2D eigenvalue weighted by Gasteiger charge is -2.06. The molecule has 3 atom stereocenters. The second-order valence-corrected chi connectivity index (χ2v) is 4.03. The van der Waals surface area contributed by atoms with Crippen LogP contribution in [0, 0.1) is 5.92 Å². The zero-order chi connectivity index (χ0) is 10.0. The van der Waals surface area contributed by atoms with Gasteiger partial charge in [-0.1, -0.05) is 13.8 Å². The molecule has 0 saturated carbocycles. The van der Waals surface area contributed by atoms with E-state index in [1.54, 1.807) is 0 Å². The predicted molar refractivity (Wildman–Crippen MR) is 51.4 cm³/mol. The fourth-order valence-electron chi connectivity index (χ4n) is 1.67. The maximum Gasteiger partial charge on any atom is 0.324 e. The highest BCUT2D eigenvalue weighted by Crippen LogP contribution is 2.29. The topological polar surface area (TPSA) is 29.3 Å². The predicted octanol–water partition coefficient (Wildman–Crippen LogP) is 1.28. The van der Waals surface area contributed by atoms with E-state index in [-0.39, 0.29) is 12.0 Å². The second-order valence-electron chi connectivity index (χ2n) is 4.03. The summed E-state index contributed by atoms with van der Waals surface area (Å²) in [6.45, 7) is 9.71. The summed E-state index contributed by atoms with van der Waals surface area (Å²) < 4.78 is 4.97. The highest BCUT2D eigenvalue weighted by Gasteiger charge is 2.50. The summed E-state index contributed by atoms with van der Waals surface area (Å²) in [5.74, 6) is 0.553. The van der Waals surface area contributed by atoms with Crippen LogP contribution in [0.3, 0.4) is 0 Å². The van der Waals surface area contributed by atoms with Gasteiger partial charge in [0.2, 0.25) is 0 Å². The Hall–Kier alpha value is -0.570. The van der Waals surface area contributed by atoms with Gasteiger partial charge in [-0.05, 0) is 19.8 Å². The molecule has 0 aromatic carbocycles. The number of ether oxygens (including phenoxy) is 1. The molecule has 76 valence electrons. The van der Waals surface area contributed by atoms with Crippen molar-refractivity contribution in [2.75, 3.05) is 13.2 Å². The van der Waals surface area contributed by atoms with Crippen LogP contribution in [0.15, 0.2) is 0 Å². The molecule has 3 nitrogen and oxygen atoms in total. The normalized spacial score (nSPS) is 31.9. The van der Waals surface area contributed by atoms with E-state index in [0.717, 1.165) is 6.54 Å². The molecule has 0 bridgehead atoms. The number of nitrogens with zero attached hydrogens (tertiary/aromatic N) is 1. The van der Waals surface area contributed by atoms with Gasteiger partial charge in [-0.3, -0.25) is 9.69 Å². The van der Waals surface area contributed by atoms with E-state index >= 15 is 0 Å². The summed E-state index contributed by atoms with van der Waals surface area (Å²) >= 11 is 0. The first-order chi connectivity index (χ1) is 6.07. The molecule has 1 rings (SSSR count). The molecule has 1 unspecified atom stereocenters. The summed E-state index contributed by atoms with van der Waals surface area (Å²) in [6, 6.07) is 0.406. The lowest BCUT2D eigenvalue weighted by Crippen LogP contribution is -2.18. The van der Waals surface area contributed by atoms with Crippen LogP contribution in [0.25, 0.3) is 0 Å². The SMILES string of the molecule is CCOC(=O)[C@H]1[C@H](C)N1CC(C)C. The highest BCUT2D eigenvalue weighted by molar-refractivity contribution is 5.80. The van der Waals surface area contributed by atoms with Gasteiger partial charge in [0, 0.05) is 12.6 Å². The Morgan fingerprint density at radius 3 is 2.62 bits per heavy atom. The summed E-state index contributed by atoms with van der Waals surface area (Å²) in [7, 11) is 0. The third-order valence-electron chi connectivity index (χ3n) is 2.35. The fraction of sp³-hybridized carbons (Fsp3) is 0.900. The van der Waals surface area contributed by atoms with Crippen molar-refractivity contribution < 1.29 is 9.53 Å². The van der Waals surface area contributed by atoms with Crippen LogP contribution in [0.5, 0.6) is 0 Å². The number of esters is 1. The minimum Gasteiger partial charge on any atom is -0.465 e. The molecule has 0 aliphatic carbocycles. The Balaban J connectivity index is 2.34. The Morgan fingerprint density at radius 1 is 1.54 bits per heavy atom. The first-order valence-electron chi connectivity index (χ1n) is 5.00. The van der Waals surface area contributed by atoms with Crippen molar-refractivity contribution in [1.82, 2.24) is 4.90 Å². The van der Waals surface area contributed by atoms with Crippen molar-refractivity contribution in [2.24, 2.45) is 5.92 Å². The summed E-state index contributed by atoms with van der Waals surface area (Å²) in [5.41, 5.74) is 0. The van der Waals surface area contributed by atoms with Crippen LogP contribution in [0.2, 0.25) is 0 Å². The fourth-order valence-corrected chi connectivity index (χ4v) is 1.67. The van der Waals surface area contributed by atoms with Gasteiger partial charge in [0.15, 0.2) is 0 Å². The van der Waals surface area contributed by atoms with Crippen LogP contribution >= 0.6 is 0 Å². The Morgan fingerprint density at radius 2 is 2.15 bits per heavy atom. The molecule has 0 N–H and O–H groups in total. The van der Waals surface area contributed by atoms with Gasteiger partial charge in [-0.15, -0.1) is 0 Å². The largest absolute Gasteiger partial charge is 0.465 e. The molecule has 0 spiro atoms. The van der Waals surface area contributed by atoms with Crippen LogP contribution < -0.4 is 0 Å². The van der Waals surface area contributed by atoms with Gasteiger partial charge in [-0.2, -0.15) is 0 Å². The van der Waals surface area contributed by atoms with Gasteiger partial charge in [0.1, 0.15) is 6.04 Å². The molecule has 1 fully saturated rings. The van der Waals surface area contributed by atoms with E-state index in [1.807, 2.05) is 6.92 Å². The molecular weight excluding hydrogens is 166 g/mol. The maximum absolute atomic E-state index is 11.3. The molecule has 13 heavy (non-hydrogen) atoms. The monoisotopic (exact) mass is 185 g/mol. The quantitative estimate of drug-likeness (QED) is 0.488. The van der Waals surface area contributed by atoms with Crippen molar-refractivity contribution in [3.05, 3.63) is 0 Å². The number of hydrogen-bond donors (Lipinski definition) is 0. The van der Waals surface area contributed by atoms with Crippen LogP contribution in [-0.2, 0) is 9.53 Å². The van der Waals surface area contributed by atoms with Gasteiger partial charge < -0.3 is 4.74 Å². The number of rotatable bonds is 4. The Labute approximate surface area is 80.1 Å². The van der Waals surface area contributed by atoms with E-state index in [1.165, 1.54) is 0 Å². The Bertz CT molecular complexity index is 191. The third kappa shape index (κ3) is 2.44. The first kappa shape index (κ1) is 10.5. The second kappa shape index (κ2) is 4.09. The van der Waals surface area contributed by atoms with Gasteiger partial charge in [0.25, 0.3) is 0 Å². The first-order valence-corrected chi connectivity index (χ1v) is 5.00.